The molecule has 1 heterocycles. The Morgan fingerprint density at radius 3 is 2.50 bits per heavy atom. The van der Waals surface area contributed by atoms with Crippen LogP contribution in [0.2, 0.25) is 0 Å². The maximum Gasteiger partial charge on any atom is 0.255 e. The molecule has 0 bridgehead atoms. The van der Waals surface area contributed by atoms with Crippen LogP contribution in [0.15, 0.2) is 36.4 Å². The van der Waals surface area contributed by atoms with E-state index in [0.717, 1.165) is 30.6 Å². The number of carbonyl (C=O) groups is 2. The van der Waals surface area contributed by atoms with Gasteiger partial charge in [-0.05, 0) is 68.7 Å². The van der Waals surface area contributed by atoms with Crippen molar-refractivity contribution < 1.29 is 19.1 Å². The zero-order chi connectivity index (χ0) is 20.1. The van der Waals surface area contributed by atoms with E-state index in [0.29, 0.717) is 36.0 Å². The predicted octanol–water partition coefficient (Wildman–Crippen LogP) is 4.04. The van der Waals surface area contributed by atoms with Crippen molar-refractivity contribution in [2.75, 3.05) is 30.0 Å². The Labute approximate surface area is 165 Å². The van der Waals surface area contributed by atoms with Crippen LogP contribution in [0.4, 0.5) is 11.4 Å². The highest BCUT2D eigenvalue weighted by atomic mass is 16.5. The Morgan fingerprint density at radius 1 is 1.04 bits per heavy atom. The van der Waals surface area contributed by atoms with E-state index in [4.69, 9.17) is 9.47 Å². The van der Waals surface area contributed by atoms with Gasteiger partial charge in [-0.1, -0.05) is 0 Å². The maximum absolute atomic E-state index is 12.7. The van der Waals surface area contributed by atoms with E-state index in [1.165, 1.54) is 0 Å². The molecule has 0 fully saturated rings. The van der Waals surface area contributed by atoms with Crippen molar-refractivity contribution in [3.63, 3.8) is 0 Å². The molecule has 0 aliphatic carbocycles. The Hall–Kier alpha value is -3.02. The summed E-state index contributed by atoms with van der Waals surface area (Å²) in [4.78, 5) is 26.3. The van der Waals surface area contributed by atoms with Crippen LogP contribution >= 0.6 is 0 Å². The lowest BCUT2D eigenvalue weighted by atomic mass is 10.0. The standard InChI is InChI=1S/C22H26N2O4/c1-4-27-20-11-8-17(14-21(20)28-5-2)22(26)23-18-9-10-19-16(13-18)7-6-12-24(19)15(3)25/h8-11,13-14H,4-7,12H2,1-3H3,(H,23,26). The van der Waals surface area contributed by atoms with Crippen molar-refractivity contribution in [1.29, 1.82) is 0 Å². The first-order chi connectivity index (χ1) is 13.5. The number of nitrogens with one attached hydrogen (secondary N) is 1. The molecule has 0 saturated carbocycles. The third-order valence-corrected chi connectivity index (χ3v) is 4.64. The summed E-state index contributed by atoms with van der Waals surface area (Å²) in [6.45, 7) is 7.12. The summed E-state index contributed by atoms with van der Waals surface area (Å²) in [5.41, 5.74) is 3.20. The third kappa shape index (κ3) is 4.27. The molecular formula is C22H26N2O4. The average molecular weight is 382 g/mol. The average Bonchev–Trinajstić information content (AvgIpc) is 2.68. The molecular weight excluding hydrogens is 356 g/mol. The largest absolute Gasteiger partial charge is 0.490 e. The number of ether oxygens (including phenoxy) is 2. The van der Waals surface area contributed by atoms with Crippen molar-refractivity contribution >= 4 is 23.2 Å². The number of fused-ring (bicyclic) bond motifs is 1. The van der Waals surface area contributed by atoms with E-state index in [-0.39, 0.29) is 11.8 Å². The topological polar surface area (TPSA) is 67.9 Å². The Kier molecular flexibility index (Phi) is 6.19. The minimum atomic E-state index is -0.219. The van der Waals surface area contributed by atoms with E-state index in [1.807, 2.05) is 32.0 Å². The van der Waals surface area contributed by atoms with Crippen molar-refractivity contribution in [2.24, 2.45) is 0 Å². The highest BCUT2D eigenvalue weighted by Gasteiger charge is 2.20. The number of amides is 2. The van der Waals surface area contributed by atoms with E-state index < -0.39 is 0 Å². The van der Waals surface area contributed by atoms with Gasteiger partial charge < -0.3 is 19.7 Å². The second kappa shape index (κ2) is 8.78. The Morgan fingerprint density at radius 2 is 1.79 bits per heavy atom. The highest BCUT2D eigenvalue weighted by Crippen LogP contribution is 2.31. The number of hydrogen-bond donors (Lipinski definition) is 1. The van der Waals surface area contributed by atoms with E-state index >= 15 is 0 Å². The molecule has 0 unspecified atom stereocenters. The van der Waals surface area contributed by atoms with Crippen molar-refractivity contribution in [3.8, 4) is 11.5 Å². The van der Waals surface area contributed by atoms with Crippen molar-refractivity contribution in [1.82, 2.24) is 0 Å². The second-order valence-electron chi connectivity index (χ2n) is 6.60. The molecule has 0 spiro atoms. The first kappa shape index (κ1) is 19.7. The Balaban J connectivity index is 1.79. The van der Waals surface area contributed by atoms with Gasteiger partial charge in [0, 0.05) is 30.4 Å². The quantitative estimate of drug-likeness (QED) is 0.819. The molecule has 1 aliphatic heterocycles. The lowest BCUT2D eigenvalue weighted by Gasteiger charge is -2.29. The second-order valence-corrected chi connectivity index (χ2v) is 6.60. The molecule has 1 N–H and O–H groups in total. The van der Waals surface area contributed by atoms with E-state index in [9.17, 15) is 9.59 Å². The fourth-order valence-corrected chi connectivity index (χ4v) is 3.40. The normalized spacial score (nSPS) is 12.9. The number of aryl methyl sites for hydroxylation is 1. The van der Waals surface area contributed by atoms with E-state index in [1.54, 1.807) is 30.0 Å². The number of benzene rings is 2. The minimum absolute atomic E-state index is 0.0376. The molecule has 0 radical (unpaired) electrons. The minimum Gasteiger partial charge on any atom is -0.490 e. The highest BCUT2D eigenvalue weighted by molar-refractivity contribution is 6.05. The van der Waals surface area contributed by atoms with Crippen molar-refractivity contribution in [2.45, 2.75) is 33.6 Å². The summed E-state index contributed by atoms with van der Waals surface area (Å²) in [5, 5.41) is 2.93. The van der Waals surface area contributed by atoms with Crippen LogP contribution in [0.1, 0.15) is 43.1 Å². The van der Waals surface area contributed by atoms with Gasteiger partial charge in [0.2, 0.25) is 5.91 Å². The van der Waals surface area contributed by atoms with Crippen LogP contribution in [-0.4, -0.2) is 31.6 Å². The molecule has 148 valence electrons. The molecule has 28 heavy (non-hydrogen) atoms. The zero-order valence-corrected chi connectivity index (χ0v) is 16.6. The van der Waals surface area contributed by atoms with Gasteiger partial charge >= 0.3 is 0 Å². The van der Waals surface area contributed by atoms with Crippen LogP contribution < -0.4 is 19.7 Å². The van der Waals surface area contributed by atoms with Crippen LogP contribution in [-0.2, 0) is 11.2 Å². The molecule has 2 aromatic rings. The molecule has 1 aliphatic rings. The summed E-state index contributed by atoms with van der Waals surface area (Å²) in [5.74, 6) is 0.998. The van der Waals surface area contributed by atoms with Gasteiger partial charge in [-0.3, -0.25) is 9.59 Å². The molecule has 2 aromatic carbocycles. The summed E-state index contributed by atoms with van der Waals surface area (Å²) in [7, 11) is 0. The van der Waals surface area contributed by atoms with Crippen LogP contribution in [0, 0.1) is 0 Å². The van der Waals surface area contributed by atoms with E-state index in [2.05, 4.69) is 5.32 Å². The lowest BCUT2D eigenvalue weighted by Crippen LogP contribution is -2.33. The molecule has 3 rings (SSSR count). The fourth-order valence-electron chi connectivity index (χ4n) is 3.40. The van der Waals surface area contributed by atoms with Gasteiger partial charge in [0.15, 0.2) is 11.5 Å². The maximum atomic E-state index is 12.7. The number of anilines is 2. The van der Waals surface area contributed by atoms with Gasteiger partial charge in [-0.25, -0.2) is 0 Å². The number of carbonyl (C=O) groups excluding carboxylic acids is 2. The Bertz CT molecular complexity index is 879. The van der Waals surface area contributed by atoms with Crippen LogP contribution in [0.3, 0.4) is 0 Å². The van der Waals surface area contributed by atoms with Gasteiger partial charge in [0.1, 0.15) is 0 Å². The number of nitrogens with zero attached hydrogens (tertiary/aromatic N) is 1. The predicted molar refractivity (Wildman–Crippen MR) is 110 cm³/mol. The number of hydrogen-bond acceptors (Lipinski definition) is 4. The van der Waals surface area contributed by atoms with Gasteiger partial charge in [0.05, 0.1) is 13.2 Å². The molecule has 6 heteroatoms. The molecule has 2 amide bonds. The van der Waals surface area contributed by atoms with Crippen molar-refractivity contribution in [3.05, 3.63) is 47.5 Å². The fraction of sp³-hybridized carbons (Fsp3) is 0.364. The van der Waals surface area contributed by atoms with Gasteiger partial charge in [-0.2, -0.15) is 0 Å². The number of rotatable bonds is 6. The third-order valence-electron chi connectivity index (χ3n) is 4.64. The van der Waals surface area contributed by atoms with Crippen LogP contribution in [0.5, 0.6) is 11.5 Å². The summed E-state index contributed by atoms with van der Waals surface area (Å²) < 4.78 is 11.1. The molecule has 0 aromatic heterocycles. The lowest BCUT2D eigenvalue weighted by molar-refractivity contribution is -0.116. The first-order valence-electron chi connectivity index (χ1n) is 9.65. The SMILES string of the molecule is CCOc1ccc(C(=O)Nc2ccc3c(c2)CCCN3C(C)=O)cc1OCC. The zero-order valence-electron chi connectivity index (χ0n) is 16.6. The first-order valence-corrected chi connectivity index (χ1v) is 9.65. The molecule has 6 nitrogen and oxygen atoms in total. The summed E-state index contributed by atoms with van der Waals surface area (Å²) >= 11 is 0. The monoisotopic (exact) mass is 382 g/mol. The summed E-state index contributed by atoms with van der Waals surface area (Å²) in [6, 6.07) is 10.8. The summed E-state index contributed by atoms with van der Waals surface area (Å²) in [6.07, 6.45) is 1.81. The smallest absolute Gasteiger partial charge is 0.255 e. The van der Waals surface area contributed by atoms with Gasteiger partial charge in [-0.15, -0.1) is 0 Å². The molecule has 0 saturated heterocycles. The van der Waals surface area contributed by atoms with Crippen LogP contribution in [0.25, 0.3) is 0 Å². The van der Waals surface area contributed by atoms with Gasteiger partial charge in [0.25, 0.3) is 5.91 Å². The molecule has 0 atom stereocenters.